The molecule has 2 aromatic heterocycles. The van der Waals surface area contributed by atoms with E-state index in [1.54, 1.807) is 12.1 Å². The van der Waals surface area contributed by atoms with Crippen molar-refractivity contribution in [2.24, 2.45) is 0 Å². The third kappa shape index (κ3) is 4.22. The lowest BCUT2D eigenvalue weighted by molar-refractivity contribution is 0.402. The van der Waals surface area contributed by atoms with Gasteiger partial charge in [-0.1, -0.05) is 25.9 Å². The minimum Gasteiger partial charge on any atom is -0.383 e. The summed E-state index contributed by atoms with van der Waals surface area (Å²) in [7, 11) is -3.25. The van der Waals surface area contributed by atoms with Crippen molar-refractivity contribution in [3.63, 3.8) is 0 Å². The lowest BCUT2D eigenvalue weighted by Gasteiger charge is -2.11. The summed E-state index contributed by atoms with van der Waals surface area (Å²) in [6.45, 7) is 5.93. The molecule has 27 heavy (non-hydrogen) atoms. The number of aromatic nitrogens is 4. The maximum Gasteiger partial charge on any atom is 0.263 e. The van der Waals surface area contributed by atoms with Crippen molar-refractivity contribution in [1.29, 1.82) is 0 Å². The van der Waals surface area contributed by atoms with E-state index in [-0.39, 0.29) is 28.0 Å². The smallest absolute Gasteiger partial charge is 0.263 e. The molecule has 2 heterocycles. The number of nitrogen functional groups attached to an aromatic ring is 1. The predicted molar refractivity (Wildman–Crippen MR) is 101 cm³/mol. The zero-order valence-electron chi connectivity index (χ0n) is 15.4. The van der Waals surface area contributed by atoms with Gasteiger partial charge in [-0.05, 0) is 24.3 Å². The van der Waals surface area contributed by atoms with E-state index >= 15 is 0 Å². The van der Waals surface area contributed by atoms with Gasteiger partial charge in [-0.2, -0.15) is 9.97 Å². The fourth-order valence-electron chi connectivity index (χ4n) is 2.17. The summed E-state index contributed by atoms with van der Waals surface area (Å²) < 4.78 is 28.3. The van der Waals surface area contributed by atoms with Crippen molar-refractivity contribution < 1.29 is 12.9 Å². The number of hydrogen-bond acceptors (Lipinski definition) is 9. The summed E-state index contributed by atoms with van der Waals surface area (Å²) in [6.07, 6.45) is 2.65. The topological polar surface area (TPSA) is 137 Å². The molecule has 0 radical (unpaired) electrons. The molecule has 0 saturated carbocycles. The largest absolute Gasteiger partial charge is 0.383 e. The Balaban J connectivity index is 1.82. The lowest BCUT2D eigenvalue weighted by atomic mass is 9.96. The average molecular weight is 388 g/mol. The highest BCUT2D eigenvalue weighted by molar-refractivity contribution is 7.90. The molecular formula is C17H20N6O3S. The highest BCUT2D eigenvalue weighted by atomic mass is 32.2. The van der Waals surface area contributed by atoms with Crippen LogP contribution in [0.5, 0.6) is 0 Å². The molecule has 0 aliphatic heterocycles. The summed E-state index contributed by atoms with van der Waals surface area (Å²) in [5.41, 5.74) is 6.82. The van der Waals surface area contributed by atoms with Crippen LogP contribution in [0.2, 0.25) is 0 Å². The highest BCUT2D eigenvalue weighted by Gasteiger charge is 2.22. The van der Waals surface area contributed by atoms with E-state index in [9.17, 15) is 8.42 Å². The summed E-state index contributed by atoms with van der Waals surface area (Å²) in [6, 6.07) is 6.25. The Morgan fingerprint density at radius 1 is 1.11 bits per heavy atom. The van der Waals surface area contributed by atoms with Crippen molar-refractivity contribution in [2.75, 3.05) is 17.3 Å². The Labute approximate surface area is 157 Å². The molecule has 0 aliphatic carbocycles. The van der Waals surface area contributed by atoms with Gasteiger partial charge in [-0.15, -0.1) is 0 Å². The standard InChI is InChI=1S/C17H20N6O3S/c1-17(2,3)15-22-14(26-23-15)12-9-19-16(21-13(12)18)20-10-5-7-11(8-6-10)27(4,24)25/h5-9H,1-4H3,(H3,18,19,20,21). The number of sulfone groups is 1. The van der Waals surface area contributed by atoms with Gasteiger partial charge < -0.3 is 15.6 Å². The quantitative estimate of drug-likeness (QED) is 0.690. The van der Waals surface area contributed by atoms with Gasteiger partial charge in [-0.3, -0.25) is 0 Å². The van der Waals surface area contributed by atoms with Crippen molar-refractivity contribution in [1.82, 2.24) is 20.1 Å². The normalized spacial score (nSPS) is 12.1. The average Bonchev–Trinajstić information content (AvgIpc) is 3.04. The summed E-state index contributed by atoms with van der Waals surface area (Å²) in [5, 5.41) is 6.93. The van der Waals surface area contributed by atoms with Gasteiger partial charge in [-0.25, -0.2) is 13.4 Å². The number of anilines is 3. The Hall–Kier alpha value is -3.01. The van der Waals surface area contributed by atoms with E-state index in [1.807, 2.05) is 20.8 Å². The van der Waals surface area contributed by atoms with Crippen molar-refractivity contribution in [3.8, 4) is 11.5 Å². The zero-order valence-corrected chi connectivity index (χ0v) is 16.2. The van der Waals surface area contributed by atoms with Crippen LogP contribution in [-0.2, 0) is 15.3 Å². The van der Waals surface area contributed by atoms with E-state index in [0.717, 1.165) is 6.26 Å². The molecule has 142 valence electrons. The molecular weight excluding hydrogens is 368 g/mol. The molecule has 3 rings (SSSR count). The maximum absolute atomic E-state index is 11.5. The number of nitrogens with zero attached hydrogens (tertiary/aromatic N) is 4. The molecule has 10 heteroatoms. The van der Waals surface area contributed by atoms with E-state index < -0.39 is 9.84 Å². The minimum atomic E-state index is -3.25. The molecule has 0 fully saturated rings. The Morgan fingerprint density at radius 3 is 2.30 bits per heavy atom. The van der Waals surface area contributed by atoms with Crippen LogP contribution in [0.15, 0.2) is 39.9 Å². The highest BCUT2D eigenvalue weighted by Crippen LogP contribution is 2.27. The maximum atomic E-state index is 11.5. The second-order valence-electron chi connectivity index (χ2n) is 7.09. The second kappa shape index (κ2) is 6.62. The van der Waals surface area contributed by atoms with Gasteiger partial charge in [0.1, 0.15) is 11.4 Å². The van der Waals surface area contributed by atoms with Crippen LogP contribution in [0.25, 0.3) is 11.5 Å². The molecule has 0 saturated heterocycles. The SMILES string of the molecule is CC(C)(C)c1noc(-c2cnc(Nc3ccc(S(C)(=O)=O)cc3)nc2N)n1. The van der Waals surface area contributed by atoms with Crippen LogP contribution in [0, 0.1) is 0 Å². The Bertz CT molecular complexity index is 1070. The lowest BCUT2D eigenvalue weighted by Crippen LogP contribution is -2.13. The summed E-state index contributed by atoms with van der Waals surface area (Å²) >= 11 is 0. The number of benzene rings is 1. The molecule has 0 atom stereocenters. The number of hydrogen-bond donors (Lipinski definition) is 2. The van der Waals surface area contributed by atoms with Gasteiger partial charge >= 0.3 is 0 Å². The zero-order chi connectivity index (χ0) is 19.8. The molecule has 0 amide bonds. The first-order valence-electron chi connectivity index (χ1n) is 8.08. The van der Waals surface area contributed by atoms with Crippen LogP contribution in [0.1, 0.15) is 26.6 Å². The van der Waals surface area contributed by atoms with Crippen LogP contribution in [0.4, 0.5) is 17.5 Å². The number of nitrogens with one attached hydrogen (secondary N) is 1. The van der Waals surface area contributed by atoms with Gasteiger partial charge in [0.15, 0.2) is 15.7 Å². The van der Waals surface area contributed by atoms with Crippen molar-refractivity contribution in [2.45, 2.75) is 31.1 Å². The van der Waals surface area contributed by atoms with Crippen molar-refractivity contribution >= 4 is 27.3 Å². The molecule has 9 nitrogen and oxygen atoms in total. The fraction of sp³-hybridized carbons (Fsp3) is 0.294. The molecule has 0 spiro atoms. The molecule has 3 aromatic rings. The van der Waals surface area contributed by atoms with Gasteiger partial charge in [0, 0.05) is 23.6 Å². The monoisotopic (exact) mass is 388 g/mol. The summed E-state index contributed by atoms with van der Waals surface area (Å²) in [5.74, 6) is 1.26. The van der Waals surface area contributed by atoms with E-state index in [1.165, 1.54) is 18.3 Å². The Kier molecular flexibility index (Phi) is 4.60. The number of rotatable bonds is 4. The Morgan fingerprint density at radius 2 is 1.78 bits per heavy atom. The summed E-state index contributed by atoms with van der Waals surface area (Å²) in [4.78, 5) is 13.0. The van der Waals surface area contributed by atoms with Gasteiger partial charge in [0.05, 0.1) is 4.90 Å². The molecule has 1 aromatic carbocycles. The first-order chi connectivity index (χ1) is 12.5. The van der Waals surface area contributed by atoms with Crippen LogP contribution >= 0.6 is 0 Å². The van der Waals surface area contributed by atoms with Gasteiger partial charge in [0.2, 0.25) is 5.95 Å². The molecule has 3 N–H and O–H groups in total. The van der Waals surface area contributed by atoms with Crippen LogP contribution in [0.3, 0.4) is 0 Å². The van der Waals surface area contributed by atoms with E-state index in [2.05, 4.69) is 25.4 Å². The van der Waals surface area contributed by atoms with Crippen molar-refractivity contribution in [3.05, 3.63) is 36.3 Å². The first kappa shape index (κ1) is 18.8. The predicted octanol–water partition coefficient (Wildman–Crippen LogP) is 2.55. The van der Waals surface area contributed by atoms with Crippen LogP contribution in [-0.4, -0.2) is 34.8 Å². The third-order valence-corrected chi connectivity index (χ3v) is 4.81. The van der Waals surface area contributed by atoms with Crippen LogP contribution < -0.4 is 11.1 Å². The molecule has 0 aliphatic rings. The second-order valence-corrected chi connectivity index (χ2v) is 9.10. The minimum absolute atomic E-state index is 0.185. The fourth-order valence-corrected chi connectivity index (χ4v) is 2.80. The third-order valence-electron chi connectivity index (χ3n) is 3.68. The number of nitrogens with two attached hydrogens (primary N) is 1. The molecule has 0 unspecified atom stereocenters. The first-order valence-corrected chi connectivity index (χ1v) is 9.97. The van der Waals surface area contributed by atoms with E-state index in [4.69, 9.17) is 10.3 Å². The molecule has 0 bridgehead atoms. The van der Waals surface area contributed by atoms with Gasteiger partial charge in [0.25, 0.3) is 5.89 Å². The van der Waals surface area contributed by atoms with E-state index in [0.29, 0.717) is 17.1 Å².